The highest BCUT2D eigenvalue weighted by Gasteiger charge is 2.13. The Labute approximate surface area is 190 Å². The minimum atomic E-state index is -0.851. The zero-order valence-electron chi connectivity index (χ0n) is 17.6. The first-order chi connectivity index (χ1) is 15.3. The average Bonchev–Trinajstić information content (AvgIpc) is 2.78. The zero-order chi connectivity index (χ0) is 23.1. The molecule has 0 aromatic heterocycles. The summed E-state index contributed by atoms with van der Waals surface area (Å²) in [4.78, 5) is 9.95. The van der Waals surface area contributed by atoms with E-state index in [0.29, 0.717) is 6.54 Å². The largest absolute Gasteiger partial charge is 0.488 e. The van der Waals surface area contributed by atoms with Crippen LogP contribution in [0, 0.1) is 22.9 Å². The summed E-state index contributed by atoms with van der Waals surface area (Å²) in [6, 6.07) is 17.2. The van der Waals surface area contributed by atoms with E-state index in [9.17, 15) is 19.6 Å². The molecule has 0 saturated carbocycles. The molecule has 0 radical (unpaired) electrons. The molecule has 8 heteroatoms. The number of aryl methyl sites for hydroxylation is 1. The van der Waals surface area contributed by atoms with Crippen LogP contribution in [0.4, 0.5) is 10.1 Å². The maximum Gasteiger partial charge on any atom is 0.272 e. The second-order valence-corrected chi connectivity index (χ2v) is 7.88. The predicted octanol–water partition coefficient (Wildman–Crippen LogP) is 4.93. The number of nitro benzene ring substituents is 1. The lowest BCUT2D eigenvalue weighted by Crippen LogP contribution is -2.32. The molecule has 0 aliphatic rings. The fourth-order valence-corrected chi connectivity index (χ4v) is 3.40. The lowest BCUT2D eigenvalue weighted by molar-refractivity contribution is -0.385. The van der Waals surface area contributed by atoms with Crippen molar-refractivity contribution in [1.29, 1.82) is 0 Å². The van der Waals surface area contributed by atoms with Gasteiger partial charge in [-0.05, 0) is 49.2 Å². The van der Waals surface area contributed by atoms with Gasteiger partial charge in [0.05, 0.1) is 11.0 Å². The van der Waals surface area contributed by atoms with E-state index < -0.39 is 16.8 Å². The Morgan fingerprint density at radius 2 is 1.91 bits per heavy atom. The highest BCUT2D eigenvalue weighted by Crippen LogP contribution is 2.29. The number of benzene rings is 3. The number of ether oxygens (including phenoxy) is 1. The number of hydrogen-bond donors (Lipinski definition) is 2. The maximum atomic E-state index is 13.8. The summed E-state index contributed by atoms with van der Waals surface area (Å²) in [5.41, 5.74) is 4.00. The minimum absolute atomic E-state index is 0.131. The topological polar surface area (TPSA) is 84.6 Å². The molecular formula is C24H24ClFN2O4. The standard InChI is InChI=1S/C24H24ClFN2O4/c1-16-2-8-22(25)21(12-16)18-5-3-17(4-6-18)10-11-27-14-20(29)15-32-24-9-7-19(28(30)31)13-23(24)26/h2-9,12-13,20,27,29H,10-11,14-15H2,1H3. The molecule has 1 atom stereocenters. The van der Waals surface area contributed by atoms with Gasteiger partial charge in [-0.15, -0.1) is 0 Å². The number of non-ortho nitro benzene ring substituents is 1. The number of rotatable bonds is 10. The van der Waals surface area contributed by atoms with E-state index in [2.05, 4.69) is 11.4 Å². The summed E-state index contributed by atoms with van der Waals surface area (Å²) in [5.74, 6) is -0.974. The second kappa shape index (κ2) is 11.0. The zero-order valence-corrected chi connectivity index (χ0v) is 18.3. The van der Waals surface area contributed by atoms with E-state index in [1.165, 1.54) is 6.07 Å². The molecule has 6 nitrogen and oxygen atoms in total. The van der Waals surface area contributed by atoms with Crippen LogP contribution in [0.5, 0.6) is 5.75 Å². The van der Waals surface area contributed by atoms with Gasteiger partial charge in [0.25, 0.3) is 5.69 Å². The lowest BCUT2D eigenvalue weighted by Gasteiger charge is -2.14. The van der Waals surface area contributed by atoms with Crippen LogP contribution in [0.2, 0.25) is 5.02 Å². The van der Waals surface area contributed by atoms with E-state index in [0.717, 1.165) is 45.8 Å². The van der Waals surface area contributed by atoms with Crippen molar-refractivity contribution in [2.45, 2.75) is 19.4 Å². The molecule has 0 aliphatic heterocycles. The van der Waals surface area contributed by atoms with E-state index in [1.807, 2.05) is 43.3 Å². The van der Waals surface area contributed by atoms with Gasteiger partial charge in [0, 0.05) is 23.2 Å². The molecular weight excluding hydrogens is 435 g/mol. The van der Waals surface area contributed by atoms with E-state index >= 15 is 0 Å². The molecule has 0 saturated heterocycles. The third kappa shape index (κ3) is 6.50. The van der Waals surface area contributed by atoms with Gasteiger partial charge in [-0.1, -0.05) is 47.5 Å². The van der Waals surface area contributed by atoms with Crippen molar-refractivity contribution in [3.8, 4) is 16.9 Å². The molecule has 0 heterocycles. The molecule has 168 valence electrons. The fourth-order valence-electron chi connectivity index (χ4n) is 3.18. The predicted molar refractivity (Wildman–Crippen MR) is 123 cm³/mol. The van der Waals surface area contributed by atoms with Crippen molar-refractivity contribution in [3.63, 3.8) is 0 Å². The number of nitro groups is 1. The number of nitrogens with zero attached hydrogens (tertiary/aromatic N) is 1. The number of aliphatic hydroxyl groups excluding tert-OH is 1. The maximum absolute atomic E-state index is 13.8. The number of nitrogens with one attached hydrogen (secondary N) is 1. The first-order valence-corrected chi connectivity index (χ1v) is 10.5. The van der Waals surface area contributed by atoms with Gasteiger partial charge in [-0.25, -0.2) is 4.39 Å². The monoisotopic (exact) mass is 458 g/mol. The number of aliphatic hydroxyl groups is 1. The van der Waals surface area contributed by atoms with Gasteiger partial charge in [0.15, 0.2) is 11.6 Å². The summed E-state index contributed by atoms with van der Waals surface area (Å²) in [7, 11) is 0. The van der Waals surface area contributed by atoms with Crippen molar-refractivity contribution in [3.05, 3.63) is 92.7 Å². The Morgan fingerprint density at radius 1 is 1.16 bits per heavy atom. The molecule has 0 fully saturated rings. The van der Waals surface area contributed by atoms with Crippen LogP contribution in [0.3, 0.4) is 0 Å². The molecule has 0 spiro atoms. The summed E-state index contributed by atoms with van der Waals surface area (Å²) in [6.07, 6.45) is -0.0812. The first kappa shape index (κ1) is 23.7. The van der Waals surface area contributed by atoms with Gasteiger partial charge < -0.3 is 15.2 Å². The molecule has 0 bridgehead atoms. The van der Waals surface area contributed by atoms with Gasteiger partial charge in [0.2, 0.25) is 0 Å². The molecule has 3 aromatic carbocycles. The van der Waals surface area contributed by atoms with Crippen molar-refractivity contribution in [1.82, 2.24) is 5.32 Å². The third-order valence-electron chi connectivity index (χ3n) is 4.91. The van der Waals surface area contributed by atoms with Crippen LogP contribution in [-0.4, -0.2) is 35.8 Å². The Hall–Kier alpha value is -3.00. The average molecular weight is 459 g/mol. The van der Waals surface area contributed by atoms with Gasteiger partial charge in [0.1, 0.15) is 12.7 Å². The lowest BCUT2D eigenvalue weighted by atomic mass is 10.0. The molecule has 3 aromatic rings. The molecule has 0 amide bonds. The third-order valence-corrected chi connectivity index (χ3v) is 5.24. The summed E-state index contributed by atoms with van der Waals surface area (Å²) < 4.78 is 19.0. The number of halogens is 2. The first-order valence-electron chi connectivity index (χ1n) is 10.1. The van der Waals surface area contributed by atoms with Crippen molar-refractivity contribution >= 4 is 17.3 Å². The van der Waals surface area contributed by atoms with Gasteiger partial charge in [-0.2, -0.15) is 0 Å². The SMILES string of the molecule is Cc1ccc(Cl)c(-c2ccc(CCNCC(O)COc3ccc([N+](=O)[O-])cc3F)cc2)c1. The highest BCUT2D eigenvalue weighted by atomic mass is 35.5. The molecule has 2 N–H and O–H groups in total. The smallest absolute Gasteiger partial charge is 0.272 e. The van der Waals surface area contributed by atoms with Gasteiger partial charge in [-0.3, -0.25) is 10.1 Å². The second-order valence-electron chi connectivity index (χ2n) is 7.47. The summed E-state index contributed by atoms with van der Waals surface area (Å²) in [5, 5.41) is 24.5. The molecule has 1 unspecified atom stereocenters. The van der Waals surface area contributed by atoms with Crippen LogP contribution in [0.25, 0.3) is 11.1 Å². The fraction of sp³-hybridized carbons (Fsp3) is 0.250. The summed E-state index contributed by atoms with van der Waals surface area (Å²) in [6.45, 7) is 2.81. The van der Waals surface area contributed by atoms with E-state index in [-0.39, 0.29) is 24.6 Å². The normalized spacial score (nSPS) is 11.9. The Bertz CT molecular complexity index is 1080. The quantitative estimate of drug-likeness (QED) is 0.255. The van der Waals surface area contributed by atoms with Crippen molar-refractivity contribution in [2.24, 2.45) is 0 Å². The summed E-state index contributed by atoms with van der Waals surface area (Å²) >= 11 is 6.30. The Morgan fingerprint density at radius 3 is 2.59 bits per heavy atom. The van der Waals surface area contributed by atoms with Crippen molar-refractivity contribution < 1.29 is 19.2 Å². The van der Waals surface area contributed by atoms with Gasteiger partial charge >= 0.3 is 0 Å². The number of hydrogen-bond acceptors (Lipinski definition) is 5. The van der Waals surface area contributed by atoms with Crippen LogP contribution >= 0.6 is 11.6 Å². The van der Waals surface area contributed by atoms with Crippen molar-refractivity contribution in [2.75, 3.05) is 19.7 Å². The van der Waals surface area contributed by atoms with E-state index in [1.54, 1.807) is 0 Å². The Kier molecular flexibility index (Phi) is 8.16. The highest BCUT2D eigenvalue weighted by molar-refractivity contribution is 6.33. The van der Waals surface area contributed by atoms with Crippen LogP contribution in [0.1, 0.15) is 11.1 Å². The Balaban J connectivity index is 1.41. The molecule has 0 aliphatic carbocycles. The minimum Gasteiger partial charge on any atom is -0.488 e. The van der Waals surface area contributed by atoms with Crippen LogP contribution < -0.4 is 10.1 Å². The van der Waals surface area contributed by atoms with Crippen LogP contribution in [0.15, 0.2) is 60.7 Å². The van der Waals surface area contributed by atoms with Crippen LogP contribution in [-0.2, 0) is 6.42 Å². The molecule has 3 rings (SSSR count). The van der Waals surface area contributed by atoms with E-state index in [4.69, 9.17) is 16.3 Å². The molecule has 32 heavy (non-hydrogen) atoms.